The molecule has 4 heteroatoms. The van der Waals surface area contributed by atoms with Crippen molar-refractivity contribution in [3.05, 3.63) is 71.7 Å². The van der Waals surface area contributed by atoms with E-state index in [4.69, 9.17) is 4.42 Å². The molecule has 1 aliphatic carbocycles. The normalized spacial score (nSPS) is 15.4. The molecule has 0 radical (unpaired) electrons. The van der Waals surface area contributed by atoms with Gasteiger partial charge >= 0.3 is 0 Å². The molecule has 0 saturated carbocycles. The first kappa shape index (κ1) is 17.5. The van der Waals surface area contributed by atoms with Crippen LogP contribution >= 0.6 is 0 Å². The lowest BCUT2D eigenvalue weighted by Gasteiger charge is -2.17. The highest BCUT2D eigenvalue weighted by atomic mass is 16.3. The van der Waals surface area contributed by atoms with Crippen molar-refractivity contribution in [1.29, 1.82) is 0 Å². The van der Waals surface area contributed by atoms with E-state index in [-0.39, 0.29) is 18.5 Å². The van der Waals surface area contributed by atoms with E-state index >= 15 is 0 Å². The van der Waals surface area contributed by atoms with Gasteiger partial charge in [0.25, 0.3) is 0 Å². The second kappa shape index (κ2) is 9.23. The molecule has 1 atom stereocenters. The Balaban J connectivity index is 1.49. The van der Waals surface area contributed by atoms with Crippen molar-refractivity contribution in [3.63, 3.8) is 0 Å². The van der Waals surface area contributed by atoms with Crippen LogP contribution in [0.4, 0.5) is 0 Å². The van der Waals surface area contributed by atoms with Crippen LogP contribution in [0.2, 0.25) is 0 Å². The highest BCUT2D eigenvalue weighted by molar-refractivity contribution is 5.78. The standard InChI is InChI=1S/C21H26N2O2/c24-20(22-14-13-17-8-3-1-4-9-17)16-23-21(19-12-7-15-25-19)18-10-5-2-6-11-18/h2,5-8,10-12,15,21,23H,1,3-4,9,13-14,16H2,(H,22,24)/t21-/m0/s1. The third kappa shape index (κ3) is 5.33. The number of rotatable bonds is 8. The Morgan fingerprint density at radius 1 is 1.12 bits per heavy atom. The molecule has 1 aromatic heterocycles. The van der Waals surface area contributed by atoms with Crippen LogP contribution in [-0.4, -0.2) is 19.0 Å². The Morgan fingerprint density at radius 3 is 2.72 bits per heavy atom. The third-order valence-corrected chi connectivity index (χ3v) is 4.58. The lowest BCUT2D eigenvalue weighted by atomic mass is 9.97. The topological polar surface area (TPSA) is 54.3 Å². The largest absolute Gasteiger partial charge is 0.467 e. The molecule has 4 nitrogen and oxygen atoms in total. The van der Waals surface area contributed by atoms with Crippen molar-refractivity contribution in [2.24, 2.45) is 0 Å². The van der Waals surface area contributed by atoms with Crippen molar-refractivity contribution in [1.82, 2.24) is 10.6 Å². The SMILES string of the molecule is O=C(CN[C@@H](c1ccccc1)c1ccco1)NCCC1=CCCCC1. The fourth-order valence-electron chi connectivity index (χ4n) is 3.24. The number of amides is 1. The highest BCUT2D eigenvalue weighted by Crippen LogP contribution is 2.22. The first-order valence-corrected chi connectivity index (χ1v) is 9.09. The smallest absolute Gasteiger partial charge is 0.233 e. The summed E-state index contributed by atoms with van der Waals surface area (Å²) in [6, 6.07) is 13.7. The van der Waals surface area contributed by atoms with Gasteiger partial charge in [-0.1, -0.05) is 42.0 Å². The number of carbonyl (C=O) groups is 1. The van der Waals surface area contributed by atoms with Gasteiger partial charge in [0.2, 0.25) is 5.91 Å². The minimum absolute atomic E-state index is 0.0175. The summed E-state index contributed by atoms with van der Waals surface area (Å²) in [7, 11) is 0. The summed E-state index contributed by atoms with van der Waals surface area (Å²) < 4.78 is 5.54. The van der Waals surface area contributed by atoms with Gasteiger partial charge in [-0.3, -0.25) is 10.1 Å². The van der Waals surface area contributed by atoms with Crippen LogP contribution in [0.5, 0.6) is 0 Å². The minimum Gasteiger partial charge on any atom is -0.467 e. The van der Waals surface area contributed by atoms with Gasteiger partial charge in [0, 0.05) is 6.54 Å². The number of allylic oxidation sites excluding steroid dienone is 1. The molecule has 0 unspecified atom stereocenters. The Labute approximate surface area is 149 Å². The second-order valence-electron chi connectivity index (χ2n) is 6.45. The van der Waals surface area contributed by atoms with Crippen LogP contribution in [0.25, 0.3) is 0 Å². The summed E-state index contributed by atoms with van der Waals surface area (Å²) in [5.74, 6) is 0.829. The van der Waals surface area contributed by atoms with E-state index in [1.807, 2.05) is 42.5 Å². The number of furan rings is 1. The highest BCUT2D eigenvalue weighted by Gasteiger charge is 2.17. The van der Waals surface area contributed by atoms with Crippen LogP contribution in [0.3, 0.4) is 0 Å². The number of hydrogen-bond acceptors (Lipinski definition) is 3. The summed E-state index contributed by atoms with van der Waals surface area (Å²) in [4.78, 5) is 12.2. The quantitative estimate of drug-likeness (QED) is 0.716. The minimum atomic E-state index is -0.122. The lowest BCUT2D eigenvalue weighted by molar-refractivity contribution is -0.120. The number of carbonyl (C=O) groups excluding carboxylic acids is 1. The molecule has 0 bridgehead atoms. The summed E-state index contributed by atoms with van der Waals surface area (Å²) in [5.41, 5.74) is 2.56. The molecule has 132 valence electrons. The molecular weight excluding hydrogens is 312 g/mol. The van der Waals surface area contributed by atoms with Gasteiger partial charge in [0.05, 0.1) is 18.8 Å². The van der Waals surface area contributed by atoms with Crippen LogP contribution in [0, 0.1) is 0 Å². The average Bonchev–Trinajstić information content (AvgIpc) is 3.18. The third-order valence-electron chi connectivity index (χ3n) is 4.58. The van der Waals surface area contributed by atoms with Crippen LogP contribution in [0.15, 0.2) is 64.8 Å². The van der Waals surface area contributed by atoms with E-state index in [9.17, 15) is 4.79 Å². The van der Waals surface area contributed by atoms with Crippen molar-refractivity contribution >= 4 is 5.91 Å². The number of hydrogen-bond donors (Lipinski definition) is 2. The van der Waals surface area contributed by atoms with Gasteiger partial charge in [-0.15, -0.1) is 0 Å². The van der Waals surface area contributed by atoms with Gasteiger partial charge < -0.3 is 9.73 Å². The maximum absolute atomic E-state index is 12.2. The Kier molecular flexibility index (Phi) is 6.46. The molecule has 2 N–H and O–H groups in total. The van der Waals surface area contributed by atoms with E-state index in [1.165, 1.54) is 31.3 Å². The molecule has 1 aliphatic rings. The molecule has 1 heterocycles. The van der Waals surface area contributed by atoms with Crippen molar-refractivity contribution in [3.8, 4) is 0 Å². The predicted octanol–water partition coefficient (Wildman–Crippen LogP) is 3.97. The fourth-order valence-corrected chi connectivity index (χ4v) is 3.24. The van der Waals surface area contributed by atoms with Crippen molar-refractivity contribution in [2.75, 3.05) is 13.1 Å². The zero-order valence-corrected chi connectivity index (χ0v) is 14.5. The maximum Gasteiger partial charge on any atom is 0.233 e. The molecule has 0 aliphatic heterocycles. The van der Waals surface area contributed by atoms with Crippen LogP contribution in [0.1, 0.15) is 49.5 Å². The fraction of sp³-hybridized carbons (Fsp3) is 0.381. The number of benzene rings is 1. The van der Waals surface area contributed by atoms with E-state index in [0.717, 1.165) is 17.7 Å². The summed E-state index contributed by atoms with van der Waals surface area (Å²) >= 11 is 0. The Morgan fingerprint density at radius 2 is 2.00 bits per heavy atom. The van der Waals surface area contributed by atoms with Crippen molar-refractivity contribution < 1.29 is 9.21 Å². The molecule has 25 heavy (non-hydrogen) atoms. The molecule has 1 amide bonds. The summed E-state index contributed by atoms with van der Waals surface area (Å²) in [6.07, 6.45) is 9.90. The average molecular weight is 338 g/mol. The molecule has 0 saturated heterocycles. The molecule has 0 spiro atoms. The first-order valence-electron chi connectivity index (χ1n) is 9.09. The summed E-state index contributed by atoms with van der Waals surface area (Å²) in [5, 5.41) is 6.32. The molecular formula is C21H26N2O2. The van der Waals surface area contributed by atoms with E-state index in [1.54, 1.807) is 6.26 Å². The molecule has 3 rings (SSSR count). The van der Waals surface area contributed by atoms with E-state index < -0.39 is 0 Å². The van der Waals surface area contributed by atoms with Gasteiger partial charge in [0.15, 0.2) is 0 Å². The van der Waals surface area contributed by atoms with Gasteiger partial charge in [-0.25, -0.2) is 0 Å². The van der Waals surface area contributed by atoms with Gasteiger partial charge in [-0.2, -0.15) is 0 Å². The van der Waals surface area contributed by atoms with Gasteiger partial charge in [0.1, 0.15) is 5.76 Å². The zero-order chi connectivity index (χ0) is 17.3. The van der Waals surface area contributed by atoms with Gasteiger partial charge in [-0.05, 0) is 49.8 Å². The molecule has 0 fully saturated rings. The monoisotopic (exact) mass is 338 g/mol. The summed E-state index contributed by atoms with van der Waals surface area (Å²) in [6.45, 7) is 0.975. The van der Waals surface area contributed by atoms with E-state index in [2.05, 4.69) is 16.7 Å². The number of nitrogens with one attached hydrogen (secondary N) is 2. The Bertz CT molecular complexity index is 677. The van der Waals surface area contributed by atoms with E-state index in [0.29, 0.717) is 6.54 Å². The Hall–Kier alpha value is -2.33. The molecule has 2 aromatic rings. The predicted molar refractivity (Wildman–Crippen MR) is 99.2 cm³/mol. The maximum atomic E-state index is 12.2. The van der Waals surface area contributed by atoms with Crippen LogP contribution in [-0.2, 0) is 4.79 Å². The van der Waals surface area contributed by atoms with Crippen molar-refractivity contribution in [2.45, 2.75) is 38.1 Å². The first-order chi connectivity index (χ1) is 12.3. The lowest BCUT2D eigenvalue weighted by Crippen LogP contribution is -2.36. The molecule has 1 aromatic carbocycles. The van der Waals surface area contributed by atoms with Crippen LogP contribution < -0.4 is 10.6 Å². The second-order valence-corrected chi connectivity index (χ2v) is 6.45. The zero-order valence-electron chi connectivity index (χ0n) is 14.5.